The number of benzene rings is 1. The molecule has 1 aromatic carbocycles. The first-order valence-electron chi connectivity index (χ1n) is 8.64. The molecule has 0 aliphatic rings. The number of pyridine rings is 1. The van der Waals surface area contributed by atoms with Crippen molar-refractivity contribution < 1.29 is 4.79 Å². The molecule has 0 fully saturated rings. The van der Waals surface area contributed by atoms with E-state index < -0.39 is 0 Å². The Balaban J connectivity index is 1.66. The van der Waals surface area contributed by atoms with E-state index in [0.29, 0.717) is 23.3 Å². The van der Waals surface area contributed by atoms with E-state index in [4.69, 9.17) is 11.6 Å². The Hall–Kier alpha value is -2.64. The number of rotatable bonds is 8. The summed E-state index contributed by atoms with van der Waals surface area (Å²) < 4.78 is 1.94. The lowest BCUT2D eigenvalue weighted by molar-refractivity contribution is -0.127. The molecule has 2 aromatic heterocycles. The lowest BCUT2D eigenvalue weighted by atomic mass is 10.2. The van der Waals surface area contributed by atoms with Crippen molar-refractivity contribution in [2.75, 3.05) is 12.8 Å². The fourth-order valence-corrected chi connectivity index (χ4v) is 3.61. The van der Waals surface area contributed by atoms with Gasteiger partial charge in [-0.1, -0.05) is 41.6 Å². The second kappa shape index (κ2) is 9.52. The summed E-state index contributed by atoms with van der Waals surface area (Å²) in [5, 5.41) is 9.90. The summed E-state index contributed by atoms with van der Waals surface area (Å²) in [6.45, 7) is 4.89. The van der Waals surface area contributed by atoms with E-state index in [1.165, 1.54) is 11.8 Å². The minimum absolute atomic E-state index is 0.0126. The highest BCUT2D eigenvalue weighted by atomic mass is 35.5. The molecule has 0 saturated heterocycles. The number of carbonyl (C=O) groups is 1. The van der Waals surface area contributed by atoms with Gasteiger partial charge in [-0.3, -0.25) is 14.3 Å². The lowest BCUT2D eigenvalue weighted by Crippen LogP contribution is -2.27. The highest BCUT2D eigenvalue weighted by Crippen LogP contribution is 2.24. The van der Waals surface area contributed by atoms with Gasteiger partial charge in [-0.15, -0.1) is 16.8 Å². The van der Waals surface area contributed by atoms with E-state index in [-0.39, 0.29) is 11.7 Å². The molecule has 8 heteroatoms. The number of halogens is 1. The maximum absolute atomic E-state index is 12.5. The average Bonchev–Trinajstić information content (AvgIpc) is 3.11. The van der Waals surface area contributed by atoms with Gasteiger partial charge in [-0.05, 0) is 29.8 Å². The minimum atomic E-state index is 0.0126. The van der Waals surface area contributed by atoms with E-state index in [1.54, 1.807) is 30.4 Å². The molecule has 1 amide bonds. The highest BCUT2D eigenvalue weighted by Gasteiger charge is 2.16. The molecule has 0 unspecified atom stereocenters. The van der Waals surface area contributed by atoms with Crippen LogP contribution in [0.2, 0.25) is 5.02 Å². The molecule has 2 heterocycles. The van der Waals surface area contributed by atoms with Crippen LogP contribution in [0.4, 0.5) is 0 Å². The van der Waals surface area contributed by atoms with Gasteiger partial charge in [0.05, 0.1) is 5.75 Å². The molecule has 0 saturated carbocycles. The van der Waals surface area contributed by atoms with Crippen molar-refractivity contribution in [2.45, 2.75) is 18.2 Å². The third kappa shape index (κ3) is 4.99. The van der Waals surface area contributed by atoms with Gasteiger partial charge in [-0.25, -0.2) is 0 Å². The topological polar surface area (TPSA) is 63.9 Å². The van der Waals surface area contributed by atoms with Crippen LogP contribution in [0.15, 0.2) is 66.6 Å². The smallest absolute Gasteiger partial charge is 0.233 e. The Morgan fingerprint density at radius 1 is 1.21 bits per heavy atom. The third-order valence-corrected chi connectivity index (χ3v) is 5.25. The van der Waals surface area contributed by atoms with Crippen LogP contribution in [0.3, 0.4) is 0 Å². The van der Waals surface area contributed by atoms with Gasteiger partial charge in [0.1, 0.15) is 0 Å². The molecule has 0 N–H and O–H groups in total. The lowest BCUT2D eigenvalue weighted by Gasteiger charge is -2.17. The monoisotopic (exact) mass is 413 g/mol. The zero-order valence-electron chi connectivity index (χ0n) is 15.5. The van der Waals surface area contributed by atoms with E-state index in [0.717, 1.165) is 17.0 Å². The Labute approximate surface area is 173 Å². The number of amides is 1. The van der Waals surface area contributed by atoms with Gasteiger partial charge >= 0.3 is 0 Å². The molecule has 0 aliphatic heterocycles. The minimum Gasteiger partial charge on any atom is -0.341 e. The molecule has 144 valence electrons. The zero-order chi connectivity index (χ0) is 19.9. The first-order valence-corrected chi connectivity index (χ1v) is 10.0. The number of hydrogen-bond donors (Lipinski definition) is 0. The number of allylic oxidation sites excluding steroid dienone is 1. The van der Waals surface area contributed by atoms with Crippen LogP contribution >= 0.6 is 23.4 Å². The van der Waals surface area contributed by atoms with Crippen molar-refractivity contribution in [3.05, 3.63) is 72.0 Å². The van der Waals surface area contributed by atoms with Crippen LogP contribution in [-0.4, -0.2) is 43.4 Å². The number of hydrogen-bond acceptors (Lipinski definition) is 5. The second-order valence-corrected chi connectivity index (χ2v) is 7.49. The summed E-state index contributed by atoms with van der Waals surface area (Å²) in [5.74, 6) is 1.01. The van der Waals surface area contributed by atoms with Crippen LogP contribution in [-0.2, 0) is 17.9 Å². The summed E-state index contributed by atoms with van der Waals surface area (Å²) in [6.07, 6.45) is 5.21. The van der Waals surface area contributed by atoms with Gasteiger partial charge in [0.25, 0.3) is 0 Å². The summed E-state index contributed by atoms with van der Waals surface area (Å²) in [5.41, 5.74) is 1.95. The van der Waals surface area contributed by atoms with E-state index in [2.05, 4.69) is 21.8 Å². The quantitative estimate of drug-likeness (QED) is 0.413. The SMILES string of the molecule is C=CCn1c(SCC(=O)N(C)Cc2ccc(Cl)cc2)nnc1-c1ccncc1. The van der Waals surface area contributed by atoms with Crippen molar-refractivity contribution >= 4 is 29.3 Å². The first-order chi connectivity index (χ1) is 13.6. The fourth-order valence-electron chi connectivity index (χ4n) is 2.59. The molecule has 0 spiro atoms. The van der Waals surface area contributed by atoms with Crippen LogP contribution in [0.5, 0.6) is 0 Å². The predicted octanol–water partition coefficient (Wildman–Crippen LogP) is 3.93. The molecule has 3 aromatic rings. The predicted molar refractivity (Wildman–Crippen MR) is 112 cm³/mol. The van der Waals surface area contributed by atoms with Crippen LogP contribution < -0.4 is 0 Å². The molecular formula is C20H20ClN5OS. The number of aromatic nitrogens is 4. The number of thioether (sulfide) groups is 1. The van der Waals surface area contributed by atoms with Gasteiger partial charge in [-0.2, -0.15) is 0 Å². The summed E-state index contributed by atoms with van der Waals surface area (Å²) >= 11 is 7.27. The van der Waals surface area contributed by atoms with E-state index in [1.807, 2.05) is 41.0 Å². The number of nitrogens with zero attached hydrogens (tertiary/aromatic N) is 5. The van der Waals surface area contributed by atoms with Crippen molar-refractivity contribution in [3.63, 3.8) is 0 Å². The highest BCUT2D eigenvalue weighted by molar-refractivity contribution is 7.99. The molecular weight excluding hydrogens is 394 g/mol. The summed E-state index contributed by atoms with van der Waals surface area (Å²) in [4.78, 5) is 18.2. The second-order valence-electron chi connectivity index (χ2n) is 6.11. The van der Waals surface area contributed by atoms with Gasteiger partial charge < -0.3 is 4.90 Å². The third-order valence-electron chi connectivity index (χ3n) is 4.05. The van der Waals surface area contributed by atoms with Crippen molar-refractivity contribution in [3.8, 4) is 11.4 Å². The van der Waals surface area contributed by atoms with Crippen LogP contribution in [0.1, 0.15) is 5.56 Å². The van der Waals surface area contributed by atoms with Crippen molar-refractivity contribution in [1.29, 1.82) is 0 Å². The zero-order valence-corrected chi connectivity index (χ0v) is 17.0. The Morgan fingerprint density at radius 2 is 1.93 bits per heavy atom. The van der Waals surface area contributed by atoms with Crippen molar-refractivity contribution in [2.24, 2.45) is 0 Å². The molecule has 0 atom stereocenters. The normalized spacial score (nSPS) is 10.6. The van der Waals surface area contributed by atoms with E-state index >= 15 is 0 Å². The molecule has 0 aliphatic carbocycles. The van der Waals surface area contributed by atoms with Gasteiger partial charge in [0, 0.05) is 43.1 Å². The average molecular weight is 414 g/mol. The number of carbonyl (C=O) groups excluding carboxylic acids is 1. The Bertz CT molecular complexity index is 943. The molecule has 3 rings (SSSR count). The Kier molecular flexibility index (Phi) is 6.84. The maximum atomic E-state index is 12.5. The van der Waals surface area contributed by atoms with Gasteiger partial charge in [0.2, 0.25) is 5.91 Å². The summed E-state index contributed by atoms with van der Waals surface area (Å²) in [6, 6.07) is 11.2. The summed E-state index contributed by atoms with van der Waals surface area (Å²) in [7, 11) is 1.79. The van der Waals surface area contributed by atoms with Gasteiger partial charge in [0.15, 0.2) is 11.0 Å². The van der Waals surface area contributed by atoms with Crippen LogP contribution in [0.25, 0.3) is 11.4 Å². The van der Waals surface area contributed by atoms with Crippen LogP contribution in [0, 0.1) is 0 Å². The maximum Gasteiger partial charge on any atom is 0.233 e. The Morgan fingerprint density at radius 3 is 2.61 bits per heavy atom. The first kappa shape index (κ1) is 20.1. The molecule has 6 nitrogen and oxygen atoms in total. The fraction of sp³-hybridized carbons (Fsp3) is 0.200. The molecule has 0 bridgehead atoms. The van der Waals surface area contributed by atoms with Crippen molar-refractivity contribution in [1.82, 2.24) is 24.6 Å². The van der Waals surface area contributed by atoms with E-state index in [9.17, 15) is 4.79 Å². The molecule has 28 heavy (non-hydrogen) atoms. The largest absolute Gasteiger partial charge is 0.341 e. The molecule has 0 radical (unpaired) electrons. The standard InChI is InChI=1S/C20H20ClN5OS/c1-3-12-26-19(16-8-10-22-11-9-16)23-24-20(26)28-14-18(27)25(2)13-15-4-6-17(21)7-5-15/h3-11H,1,12-14H2,2H3.